The van der Waals surface area contributed by atoms with Crippen LogP contribution >= 0.6 is 0 Å². The molecule has 1 fully saturated rings. The van der Waals surface area contributed by atoms with Gasteiger partial charge in [-0.3, -0.25) is 5.10 Å². The number of nitrogens with zero attached hydrogens (tertiary/aromatic N) is 2. The van der Waals surface area contributed by atoms with Crippen molar-refractivity contribution in [1.82, 2.24) is 14.5 Å². The standard InChI is InChI=1S/C12H22N4O2S/c1-8-5-4-6-11(7-13)16(8)19(17,18)12-9(2)14-15-10(12)3/h8,11H,4-7,13H2,1-3H3,(H,14,15). The van der Waals surface area contributed by atoms with Gasteiger partial charge in [0.25, 0.3) is 0 Å². The number of H-pyrrole nitrogens is 1. The van der Waals surface area contributed by atoms with Crippen LogP contribution in [0.3, 0.4) is 0 Å². The summed E-state index contributed by atoms with van der Waals surface area (Å²) in [6.07, 6.45) is 2.74. The SMILES string of the molecule is Cc1n[nH]c(C)c1S(=O)(=O)N1C(C)CCCC1CN. The molecule has 6 nitrogen and oxygen atoms in total. The summed E-state index contributed by atoms with van der Waals surface area (Å²) in [6, 6.07) is -0.122. The molecule has 0 bridgehead atoms. The Bertz CT molecular complexity index is 533. The number of sulfonamides is 1. The third-order valence-electron chi connectivity index (χ3n) is 3.82. The van der Waals surface area contributed by atoms with Gasteiger partial charge >= 0.3 is 0 Å². The van der Waals surface area contributed by atoms with Gasteiger partial charge in [-0.05, 0) is 33.6 Å². The van der Waals surface area contributed by atoms with Crippen molar-refractivity contribution < 1.29 is 8.42 Å². The molecule has 0 aliphatic carbocycles. The van der Waals surface area contributed by atoms with E-state index in [1.54, 1.807) is 18.2 Å². The maximum Gasteiger partial charge on any atom is 0.247 e. The molecule has 3 N–H and O–H groups in total. The quantitative estimate of drug-likeness (QED) is 0.864. The smallest absolute Gasteiger partial charge is 0.247 e. The number of hydrogen-bond donors (Lipinski definition) is 2. The van der Waals surface area contributed by atoms with Gasteiger partial charge in [0.1, 0.15) is 4.90 Å². The van der Waals surface area contributed by atoms with Crippen LogP contribution in [-0.2, 0) is 10.0 Å². The number of piperidine rings is 1. The maximum atomic E-state index is 12.9. The van der Waals surface area contributed by atoms with Gasteiger partial charge in [-0.2, -0.15) is 9.40 Å². The monoisotopic (exact) mass is 286 g/mol. The maximum absolute atomic E-state index is 12.9. The molecule has 0 radical (unpaired) electrons. The fraction of sp³-hybridized carbons (Fsp3) is 0.750. The second kappa shape index (κ2) is 5.22. The Morgan fingerprint density at radius 3 is 2.63 bits per heavy atom. The molecule has 2 atom stereocenters. The van der Waals surface area contributed by atoms with E-state index in [4.69, 9.17) is 5.73 Å². The molecular weight excluding hydrogens is 264 g/mol. The van der Waals surface area contributed by atoms with Gasteiger partial charge in [-0.25, -0.2) is 8.42 Å². The first-order valence-corrected chi connectivity index (χ1v) is 8.08. The van der Waals surface area contributed by atoms with E-state index in [1.807, 2.05) is 6.92 Å². The van der Waals surface area contributed by atoms with Crippen molar-refractivity contribution >= 4 is 10.0 Å². The highest BCUT2D eigenvalue weighted by molar-refractivity contribution is 7.89. The summed E-state index contributed by atoms with van der Waals surface area (Å²) in [4.78, 5) is 0.305. The summed E-state index contributed by atoms with van der Waals surface area (Å²) in [5.74, 6) is 0. The highest BCUT2D eigenvalue weighted by Gasteiger charge is 2.39. The number of aryl methyl sites for hydroxylation is 2. The first kappa shape index (κ1) is 14.5. The summed E-state index contributed by atoms with van der Waals surface area (Å²) in [6.45, 7) is 5.75. The number of hydrogen-bond acceptors (Lipinski definition) is 4. The number of nitrogens with one attached hydrogen (secondary N) is 1. The van der Waals surface area contributed by atoms with Crippen LogP contribution in [0.2, 0.25) is 0 Å². The van der Waals surface area contributed by atoms with E-state index in [9.17, 15) is 8.42 Å². The summed E-state index contributed by atoms with van der Waals surface area (Å²) in [5, 5.41) is 6.73. The second-order valence-corrected chi connectivity index (χ2v) is 7.05. The Hall–Kier alpha value is -0.920. The lowest BCUT2D eigenvalue weighted by Crippen LogP contribution is -2.51. The Balaban J connectivity index is 2.48. The molecule has 1 aliphatic heterocycles. The molecular formula is C12H22N4O2S. The van der Waals surface area contributed by atoms with Crippen LogP contribution < -0.4 is 5.73 Å². The van der Waals surface area contributed by atoms with Crippen molar-refractivity contribution in [3.8, 4) is 0 Å². The molecule has 1 aromatic rings. The zero-order valence-electron chi connectivity index (χ0n) is 11.7. The van der Waals surface area contributed by atoms with Crippen LogP contribution in [0, 0.1) is 13.8 Å². The van der Waals surface area contributed by atoms with Crippen LogP contribution in [0.5, 0.6) is 0 Å². The summed E-state index contributed by atoms with van der Waals surface area (Å²) in [5.41, 5.74) is 6.86. The van der Waals surface area contributed by atoms with Gasteiger partial charge in [0, 0.05) is 18.6 Å². The number of aromatic amines is 1. The predicted molar refractivity (Wildman–Crippen MR) is 73.2 cm³/mol. The number of nitrogens with two attached hydrogens (primary N) is 1. The lowest BCUT2D eigenvalue weighted by molar-refractivity contribution is 0.196. The van der Waals surface area contributed by atoms with E-state index in [0.29, 0.717) is 22.8 Å². The van der Waals surface area contributed by atoms with Crippen molar-refractivity contribution in [2.45, 2.75) is 57.0 Å². The van der Waals surface area contributed by atoms with E-state index in [0.717, 1.165) is 19.3 Å². The lowest BCUT2D eigenvalue weighted by atomic mass is 10.00. The lowest BCUT2D eigenvalue weighted by Gasteiger charge is -2.38. The highest BCUT2D eigenvalue weighted by atomic mass is 32.2. The first-order valence-electron chi connectivity index (χ1n) is 6.64. The van der Waals surface area contributed by atoms with E-state index in [2.05, 4.69) is 10.2 Å². The van der Waals surface area contributed by atoms with E-state index < -0.39 is 10.0 Å². The molecule has 0 spiro atoms. The van der Waals surface area contributed by atoms with Crippen LogP contribution in [0.15, 0.2) is 4.90 Å². The third kappa shape index (κ3) is 2.42. The molecule has 19 heavy (non-hydrogen) atoms. The van der Waals surface area contributed by atoms with Crippen molar-refractivity contribution in [2.75, 3.05) is 6.54 Å². The van der Waals surface area contributed by atoms with Crippen LogP contribution in [0.25, 0.3) is 0 Å². The molecule has 7 heteroatoms. The number of aromatic nitrogens is 2. The minimum absolute atomic E-state index is 0.0130. The first-order chi connectivity index (χ1) is 8.89. The van der Waals surface area contributed by atoms with Crippen molar-refractivity contribution in [3.05, 3.63) is 11.4 Å². The molecule has 2 unspecified atom stereocenters. The number of rotatable bonds is 3. The largest absolute Gasteiger partial charge is 0.329 e. The molecule has 0 amide bonds. The zero-order chi connectivity index (χ0) is 14.2. The van der Waals surface area contributed by atoms with Gasteiger partial charge in [0.15, 0.2) is 0 Å². The van der Waals surface area contributed by atoms with Crippen LogP contribution in [-0.4, -0.2) is 41.5 Å². The normalized spacial score (nSPS) is 25.7. The summed E-state index contributed by atoms with van der Waals surface area (Å²) in [7, 11) is -3.53. The minimum atomic E-state index is -3.53. The predicted octanol–water partition coefficient (Wildman–Crippen LogP) is 0.917. The van der Waals surface area contributed by atoms with Crippen LogP contribution in [0.4, 0.5) is 0 Å². The van der Waals surface area contributed by atoms with Crippen molar-refractivity contribution in [3.63, 3.8) is 0 Å². The molecule has 0 saturated carbocycles. The Morgan fingerprint density at radius 2 is 2.11 bits per heavy atom. The highest BCUT2D eigenvalue weighted by Crippen LogP contribution is 2.31. The fourth-order valence-corrected chi connectivity index (χ4v) is 5.17. The van der Waals surface area contributed by atoms with Gasteiger partial charge in [-0.1, -0.05) is 6.42 Å². The average molecular weight is 286 g/mol. The Kier molecular flexibility index (Phi) is 3.98. The molecule has 1 saturated heterocycles. The molecule has 0 aromatic carbocycles. The van der Waals surface area contributed by atoms with E-state index in [1.165, 1.54) is 0 Å². The van der Waals surface area contributed by atoms with E-state index >= 15 is 0 Å². The molecule has 2 rings (SSSR count). The van der Waals surface area contributed by atoms with E-state index in [-0.39, 0.29) is 12.1 Å². The molecule has 2 heterocycles. The molecule has 1 aliphatic rings. The third-order valence-corrected chi connectivity index (χ3v) is 6.15. The van der Waals surface area contributed by atoms with Gasteiger partial charge < -0.3 is 5.73 Å². The minimum Gasteiger partial charge on any atom is -0.329 e. The van der Waals surface area contributed by atoms with Crippen LogP contribution in [0.1, 0.15) is 37.6 Å². The van der Waals surface area contributed by atoms with Crippen molar-refractivity contribution in [2.24, 2.45) is 5.73 Å². The Labute approximate surface area is 114 Å². The molecule has 1 aromatic heterocycles. The van der Waals surface area contributed by atoms with Gasteiger partial charge in [-0.15, -0.1) is 0 Å². The van der Waals surface area contributed by atoms with Gasteiger partial charge in [0.05, 0.1) is 11.4 Å². The van der Waals surface area contributed by atoms with Crippen molar-refractivity contribution in [1.29, 1.82) is 0 Å². The topological polar surface area (TPSA) is 92.1 Å². The molecule has 108 valence electrons. The summed E-state index contributed by atoms with van der Waals surface area (Å²) >= 11 is 0. The Morgan fingerprint density at radius 1 is 1.42 bits per heavy atom. The average Bonchev–Trinajstić information content (AvgIpc) is 2.68. The zero-order valence-corrected chi connectivity index (χ0v) is 12.5. The second-order valence-electron chi connectivity index (χ2n) is 5.27. The summed E-state index contributed by atoms with van der Waals surface area (Å²) < 4.78 is 27.3. The van der Waals surface area contributed by atoms with Gasteiger partial charge in [0.2, 0.25) is 10.0 Å². The fourth-order valence-electron chi connectivity index (χ4n) is 2.94.